The molecule has 1 aromatic carbocycles. The third-order valence-corrected chi connectivity index (χ3v) is 6.96. The average Bonchev–Trinajstić information content (AvgIpc) is 3.28. The predicted octanol–water partition coefficient (Wildman–Crippen LogP) is 2.56. The smallest absolute Gasteiger partial charge is 0.251 e. The van der Waals surface area contributed by atoms with Crippen molar-refractivity contribution in [2.45, 2.75) is 57.6 Å². The first-order valence-corrected chi connectivity index (χ1v) is 12.7. The van der Waals surface area contributed by atoms with Crippen LogP contribution in [0, 0.1) is 6.92 Å². The molecule has 10 nitrogen and oxygen atoms in total. The number of aliphatic hydroxyl groups is 2. The van der Waals surface area contributed by atoms with Gasteiger partial charge in [-0.1, -0.05) is 6.07 Å². The second kappa shape index (κ2) is 11.3. The summed E-state index contributed by atoms with van der Waals surface area (Å²) < 4.78 is 11.1. The molecule has 196 valence electrons. The van der Waals surface area contributed by atoms with Gasteiger partial charge in [-0.25, -0.2) is 9.97 Å². The van der Waals surface area contributed by atoms with Crippen LogP contribution in [0.15, 0.2) is 47.3 Å². The number of fused-ring (bicyclic) bond motifs is 1. The molecule has 2 aliphatic rings. The van der Waals surface area contributed by atoms with Crippen molar-refractivity contribution in [2.24, 2.45) is 0 Å². The zero-order valence-corrected chi connectivity index (χ0v) is 20.9. The van der Waals surface area contributed by atoms with E-state index in [1.807, 2.05) is 30.0 Å². The zero-order valence-electron chi connectivity index (χ0n) is 20.9. The number of nitrogens with zero attached hydrogens (tertiary/aromatic N) is 3. The van der Waals surface area contributed by atoms with Gasteiger partial charge >= 0.3 is 0 Å². The fraction of sp³-hybridized carbons (Fsp3) is 0.444. The van der Waals surface area contributed by atoms with Crippen molar-refractivity contribution in [3.8, 4) is 5.75 Å². The van der Waals surface area contributed by atoms with Gasteiger partial charge in [0, 0.05) is 44.0 Å². The number of amides is 1. The number of aliphatic hydroxyl groups excluding tert-OH is 2. The number of carbonyl (C=O) groups excluding carboxylic acids is 1. The molecule has 4 N–H and O–H groups in total. The zero-order chi connectivity index (χ0) is 25.8. The number of ether oxygens (including phenoxy) is 1. The molecule has 1 amide bonds. The number of anilines is 1. The van der Waals surface area contributed by atoms with Crippen LogP contribution >= 0.6 is 0 Å². The number of nitrogens with one attached hydrogen (secondary N) is 2. The maximum Gasteiger partial charge on any atom is 0.251 e. The molecule has 0 radical (unpaired) electrons. The van der Waals surface area contributed by atoms with Crippen LogP contribution in [-0.2, 0) is 13.2 Å². The average molecular weight is 508 g/mol. The molecule has 0 spiro atoms. The van der Waals surface area contributed by atoms with Crippen LogP contribution in [-0.4, -0.2) is 62.8 Å². The summed E-state index contributed by atoms with van der Waals surface area (Å²) in [4.78, 5) is 22.9. The summed E-state index contributed by atoms with van der Waals surface area (Å²) in [6.07, 6.45) is 4.98. The number of hydrogen-bond acceptors (Lipinski definition) is 9. The molecular formula is C27H33N5O5. The molecule has 0 saturated heterocycles. The highest BCUT2D eigenvalue weighted by molar-refractivity contribution is 5.94. The molecule has 0 unspecified atom stereocenters. The number of β-amino-alcohol motifs (C(OH)–C–C–N with tert-alkyl or cyclic N) is 2. The van der Waals surface area contributed by atoms with Gasteiger partial charge in [0.05, 0.1) is 17.9 Å². The Morgan fingerprint density at radius 2 is 2.14 bits per heavy atom. The maximum atomic E-state index is 12.6. The number of aryl methyl sites for hydroxylation is 1. The largest absolute Gasteiger partial charge is 0.486 e. The van der Waals surface area contributed by atoms with E-state index in [0.717, 1.165) is 29.7 Å². The normalized spacial score (nSPS) is 18.5. The highest BCUT2D eigenvalue weighted by Gasteiger charge is 2.26. The van der Waals surface area contributed by atoms with E-state index in [2.05, 4.69) is 20.6 Å². The summed E-state index contributed by atoms with van der Waals surface area (Å²) in [5, 5.41) is 27.5. The molecule has 1 aliphatic heterocycles. The number of hydrogen-bond donors (Lipinski definition) is 4. The number of aromatic nitrogens is 2. The van der Waals surface area contributed by atoms with Gasteiger partial charge in [0.15, 0.2) is 12.2 Å². The second-order valence-corrected chi connectivity index (χ2v) is 9.79. The molecule has 3 aromatic rings. The van der Waals surface area contributed by atoms with E-state index in [4.69, 9.17) is 9.15 Å². The van der Waals surface area contributed by atoms with Gasteiger partial charge in [0.1, 0.15) is 18.2 Å². The van der Waals surface area contributed by atoms with E-state index >= 15 is 0 Å². The van der Waals surface area contributed by atoms with Crippen molar-refractivity contribution >= 4 is 11.7 Å². The minimum atomic E-state index is -0.778. The van der Waals surface area contributed by atoms with E-state index in [-0.39, 0.29) is 19.1 Å². The Balaban J connectivity index is 1.10. The van der Waals surface area contributed by atoms with E-state index in [9.17, 15) is 15.0 Å². The Bertz CT molecular complexity index is 1230. The highest BCUT2D eigenvalue weighted by atomic mass is 16.5. The first-order chi connectivity index (χ1) is 17.9. The summed E-state index contributed by atoms with van der Waals surface area (Å²) in [5.74, 6) is 1.75. The molecule has 5 rings (SSSR count). The molecule has 2 aromatic heterocycles. The fourth-order valence-electron chi connectivity index (χ4n) is 4.61. The molecular weight excluding hydrogens is 474 g/mol. The van der Waals surface area contributed by atoms with Crippen molar-refractivity contribution in [2.75, 3.05) is 25.0 Å². The molecule has 10 heteroatoms. The highest BCUT2D eigenvalue weighted by Crippen LogP contribution is 2.30. The van der Waals surface area contributed by atoms with Crippen LogP contribution < -0.4 is 15.4 Å². The third-order valence-electron chi connectivity index (χ3n) is 6.96. The lowest BCUT2D eigenvalue weighted by Crippen LogP contribution is -2.43. The summed E-state index contributed by atoms with van der Waals surface area (Å²) >= 11 is 0. The van der Waals surface area contributed by atoms with Gasteiger partial charge in [-0.3, -0.25) is 9.69 Å². The Kier molecular flexibility index (Phi) is 7.68. The van der Waals surface area contributed by atoms with E-state index < -0.39 is 12.2 Å². The Labute approximate surface area is 215 Å². The van der Waals surface area contributed by atoms with E-state index in [1.165, 1.54) is 12.8 Å². The first kappa shape index (κ1) is 25.2. The molecule has 0 bridgehead atoms. The van der Waals surface area contributed by atoms with Gasteiger partial charge in [-0.05, 0) is 61.6 Å². The predicted molar refractivity (Wildman–Crippen MR) is 136 cm³/mol. The minimum Gasteiger partial charge on any atom is -0.486 e. The topological polar surface area (TPSA) is 133 Å². The van der Waals surface area contributed by atoms with Crippen molar-refractivity contribution in [3.63, 3.8) is 0 Å². The lowest BCUT2D eigenvalue weighted by atomic mass is 9.93. The van der Waals surface area contributed by atoms with Gasteiger partial charge < -0.3 is 30.0 Å². The molecule has 1 saturated carbocycles. The van der Waals surface area contributed by atoms with Crippen LogP contribution in [0.25, 0.3) is 0 Å². The van der Waals surface area contributed by atoms with Gasteiger partial charge in [0.25, 0.3) is 5.91 Å². The van der Waals surface area contributed by atoms with E-state index in [0.29, 0.717) is 48.6 Å². The molecule has 1 fully saturated rings. The van der Waals surface area contributed by atoms with Crippen LogP contribution in [0.3, 0.4) is 0 Å². The van der Waals surface area contributed by atoms with E-state index in [1.54, 1.807) is 18.3 Å². The van der Waals surface area contributed by atoms with Crippen molar-refractivity contribution in [3.05, 3.63) is 71.1 Å². The lowest BCUT2D eigenvalue weighted by molar-refractivity contribution is 0.0517. The number of oxazole rings is 1. The number of benzene rings is 1. The van der Waals surface area contributed by atoms with Crippen molar-refractivity contribution < 1.29 is 24.2 Å². The fourth-order valence-corrected chi connectivity index (χ4v) is 4.61. The molecule has 1 aliphatic carbocycles. The van der Waals surface area contributed by atoms with Crippen LogP contribution in [0.2, 0.25) is 0 Å². The van der Waals surface area contributed by atoms with Crippen molar-refractivity contribution in [1.29, 1.82) is 0 Å². The summed E-state index contributed by atoms with van der Waals surface area (Å²) in [6.45, 7) is 3.52. The SMILES string of the molecule is Cc1ncoc1COc1ccc2c(c1)[C@@H](O)CN(C[C@@H](O)CNC(=O)c1ccnc(NC3CCC3)c1)C2. The van der Waals surface area contributed by atoms with Gasteiger partial charge in [-0.2, -0.15) is 0 Å². The monoisotopic (exact) mass is 507 g/mol. The van der Waals surface area contributed by atoms with Crippen molar-refractivity contribution in [1.82, 2.24) is 20.2 Å². The summed E-state index contributed by atoms with van der Waals surface area (Å²) in [5.41, 5.74) is 3.08. The Morgan fingerprint density at radius 1 is 1.27 bits per heavy atom. The maximum absolute atomic E-state index is 12.6. The first-order valence-electron chi connectivity index (χ1n) is 12.7. The third kappa shape index (κ3) is 6.27. The molecule has 37 heavy (non-hydrogen) atoms. The number of pyridine rings is 1. The van der Waals surface area contributed by atoms with Crippen LogP contribution in [0.4, 0.5) is 5.82 Å². The Morgan fingerprint density at radius 3 is 2.89 bits per heavy atom. The number of rotatable bonds is 10. The van der Waals surface area contributed by atoms with Gasteiger partial charge in [0.2, 0.25) is 0 Å². The molecule has 3 heterocycles. The Hall–Kier alpha value is -3.47. The quantitative estimate of drug-likeness (QED) is 0.327. The standard InChI is InChI=1S/C27H33N5O5/c1-17-25(37-16-30-17)15-36-22-6-5-19-12-32(14-24(34)23(19)10-22)13-21(33)11-29-27(35)18-7-8-28-26(9-18)31-20-3-2-4-20/h5-10,16,20-21,24,33-34H,2-4,11-15H2,1H3,(H,28,31)(H,29,35)/t21-,24-/m0/s1. The summed E-state index contributed by atoms with van der Waals surface area (Å²) in [7, 11) is 0. The summed E-state index contributed by atoms with van der Waals surface area (Å²) in [6, 6.07) is 9.47. The molecule has 2 atom stereocenters. The second-order valence-electron chi connectivity index (χ2n) is 9.79. The number of carbonyl (C=O) groups is 1. The van der Waals surface area contributed by atoms with Gasteiger partial charge in [-0.15, -0.1) is 0 Å². The van der Waals surface area contributed by atoms with Crippen LogP contribution in [0.5, 0.6) is 5.75 Å². The van der Waals surface area contributed by atoms with Crippen LogP contribution in [0.1, 0.15) is 58.3 Å². The minimum absolute atomic E-state index is 0.111. The lowest BCUT2D eigenvalue weighted by Gasteiger charge is -2.33.